The van der Waals surface area contributed by atoms with E-state index < -0.39 is 15.9 Å². The van der Waals surface area contributed by atoms with Crippen LogP contribution in [0.1, 0.15) is 35.3 Å². The lowest BCUT2D eigenvalue weighted by molar-refractivity contribution is 0.0940. The first-order valence-corrected chi connectivity index (χ1v) is 9.52. The van der Waals surface area contributed by atoms with Gasteiger partial charge in [-0.3, -0.25) is 4.79 Å². The lowest BCUT2D eigenvalue weighted by Crippen LogP contribution is -2.29. The van der Waals surface area contributed by atoms with Crippen LogP contribution in [0.15, 0.2) is 53.4 Å². The van der Waals surface area contributed by atoms with Crippen LogP contribution in [0.25, 0.3) is 0 Å². The zero-order chi connectivity index (χ0) is 17.2. The summed E-state index contributed by atoms with van der Waals surface area (Å²) >= 11 is 0. The molecule has 1 N–H and O–H groups in total. The molecule has 2 aromatic rings. The molecule has 0 unspecified atom stereocenters. The molecule has 1 heterocycles. The van der Waals surface area contributed by atoms with Crippen molar-refractivity contribution < 1.29 is 17.9 Å². The number of benzene rings is 2. The van der Waals surface area contributed by atoms with Crippen LogP contribution < -0.4 is 10.1 Å². The number of nitrogens with one attached hydrogen (secondary N) is 1. The Bertz CT molecular complexity index is 861. The number of carbonyl (C=O) groups is 1. The first-order chi connectivity index (χ1) is 11.5. The standard InChI is InChI=1S/C18H19NO4S/c1-2-10-23-14-7-5-6-13(11-14)18(20)19-16-12-24(21,22)17-9-4-3-8-15(16)17/h3-9,11,16H,2,10,12H2,1H3,(H,19,20)/t16-/m0/s1. The van der Waals surface area contributed by atoms with Gasteiger partial charge in [0.2, 0.25) is 0 Å². The number of hydrogen-bond acceptors (Lipinski definition) is 4. The average Bonchev–Trinajstić information content (AvgIpc) is 2.84. The summed E-state index contributed by atoms with van der Waals surface area (Å²) in [5.41, 5.74) is 1.09. The third-order valence-electron chi connectivity index (χ3n) is 3.89. The Morgan fingerprint density at radius 3 is 2.79 bits per heavy atom. The highest BCUT2D eigenvalue weighted by Crippen LogP contribution is 2.33. The molecule has 1 atom stereocenters. The van der Waals surface area contributed by atoms with Crippen molar-refractivity contribution in [3.05, 3.63) is 59.7 Å². The molecule has 0 aliphatic carbocycles. The Hall–Kier alpha value is -2.34. The smallest absolute Gasteiger partial charge is 0.251 e. The van der Waals surface area contributed by atoms with E-state index in [9.17, 15) is 13.2 Å². The molecule has 3 rings (SSSR count). The molecule has 126 valence electrons. The molecule has 0 bridgehead atoms. The van der Waals surface area contributed by atoms with Crippen LogP contribution in [0.4, 0.5) is 0 Å². The highest BCUT2D eigenvalue weighted by Gasteiger charge is 2.35. The van der Waals surface area contributed by atoms with Crippen molar-refractivity contribution in [1.82, 2.24) is 5.32 Å². The fourth-order valence-corrected chi connectivity index (χ4v) is 4.50. The Kier molecular flexibility index (Phi) is 4.57. The van der Waals surface area contributed by atoms with Gasteiger partial charge in [0.15, 0.2) is 9.84 Å². The van der Waals surface area contributed by atoms with E-state index in [-0.39, 0.29) is 11.7 Å². The molecule has 0 aromatic heterocycles. The SMILES string of the molecule is CCCOc1cccc(C(=O)N[C@H]2CS(=O)(=O)c3ccccc32)c1. The third kappa shape index (κ3) is 3.28. The Labute approximate surface area is 141 Å². The quantitative estimate of drug-likeness (QED) is 0.904. The lowest BCUT2D eigenvalue weighted by atomic mass is 10.1. The van der Waals surface area contributed by atoms with E-state index in [1.54, 1.807) is 48.5 Å². The van der Waals surface area contributed by atoms with E-state index in [4.69, 9.17) is 4.74 Å². The van der Waals surface area contributed by atoms with Gasteiger partial charge < -0.3 is 10.1 Å². The fraction of sp³-hybridized carbons (Fsp3) is 0.278. The summed E-state index contributed by atoms with van der Waals surface area (Å²) in [4.78, 5) is 12.8. The van der Waals surface area contributed by atoms with Gasteiger partial charge in [-0.1, -0.05) is 31.2 Å². The summed E-state index contributed by atoms with van der Waals surface area (Å²) in [5.74, 6) is 0.210. The van der Waals surface area contributed by atoms with E-state index >= 15 is 0 Å². The number of sulfone groups is 1. The van der Waals surface area contributed by atoms with Gasteiger partial charge in [-0.2, -0.15) is 0 Å². The average molecular weight is 345 g/mol. The number of carbonyl (C=O) groups excluding carboxylic acids is 1. The van der Waals surface area contributed by atoms with Crippen molar-refractivity contribution in [2.45, 2.75) is 24.3 Å². The van der Waals surface area contributed by atoms with Crippen molar-refractivity contribution in [2.75, 3.05) is 12.4 Å². The minimum absolute atomic E-state index is 0.107. The van der Waals surface area contributed by atoms with Gasteiger partial charge in [0.05, 0.1) is 23.3 Å². The zero-order valence-corrected chi connectivity index (χ0v) is 14.2. The highest BCUT2D eigenvalue weighted by molar-refractivity contribution is 7.91. The van der Waals surface area contributed by atoms with Crippen molar-refractivity contribution in [1.29, 1.82) is 0 Å². The van der Waals surface area contributed by atoms with Crippen LogP contribution in [-0.4, -0.2) is 26.7 Å². The molecule has 0 saturated heterocycles. The first-order valence-electron chi connectivity index (χ1n) is 7.86. The molecule has 1 amide bonds. The monoisotopic (exact) mass is 345 g/mol. The second-order valence-corrected chi connectivity index (χ2v) is 7.72. The topological polar surface area (TPSA) is 72.5 Å². The minimum atomic E-state index is -3.34. The predicted octanol–water partition coefficient (Wildman–Crippen LogP) is 2.73. The summed E-state index contributed by atoms with van der Waals surface area (Å²) in [7, 11) is -3.34. The zero-order valence-electron chi connectivity index (χ0n) is 13.4. The van der Waals surface area contributed by atoms with Gasteiger partial charge in [0.25, 0.3) is 5.91 Å². The van der Waals surface area contributed by atoms with E-state index in [2.05, 4.69) is 5.32 Å². The number of hydrogen-bond donors (Lipinski definition) is 1. The molecule has 0 fully saturated rings. The molecule has 24 heavy (non-hydrogen) atoms. The largest absolute Gasteiger partial charge is 0.494 e. The maximum Gasteiger partial charge on any atom is 0.251 e. The Morgan fingerprint density at radius 2 is 2.00 bits per heavy atom. The number of ether oxygens (including phenoxy) is 1. The molecular formula is C18H19NO4S. The van der Waals surface area contributed by atoms with Gasteiger partial charge in [-0.05, 0) is 36.2 Å². The molecule has 1 aliphatic heterocycles. The molecular weight excluding hydrogens is 326 g/mol. The van der Waals surface area contributed by atoms with E-state index in [1.165, 1.54) is 0 Å². The maximum absolute atomic E-state index is 12.5. The highest BCUT2D eigenvalue weighted by atomic mass is 32.2. The Morgan fingerprint density at radius 1 is 1.21 bits per heavy atom. The third-order valence-corrected chi connectivity index (χ3v) is 5.70. The molecule has 2 aromatic carbocycles. The molecule has 6 heteroatoms. The van der Waals surface area contributed by atoms with E-state index in [0.29, 0.717) is 28.4 Å². The van der Waals surface area contributed by atoms with Gasteiger partial charge >= 0.3 is 0 Å². The van der Waals surface area contributed by atoms with Gasteiger partial charge in [-0.15, -0.1) is 0 Å². The number of rotatable bonds is 5. The maximum atomic E-state index is 12.5. The second-order valence-electron chi connectivity index (χ2n) is 5.72. The van der Waals surface area contributed by atoms with Crippen LogP contribution in [0, 0.1) is 0 Å². The van der Waals surface area contributed by atoms with E-state index in [1.807, 2.05) is 6.92 Å². The normalized spacial score (nSPS) is 18.0. The van der Waals surface area contributed by atoms with Crippen LogP contribution >= 0.6 is 0 Å². The minimum Gasteiger partial charge on any atom is -0.494 e. The van der Waals surface area contributed by atoms with Crippen LogP contribution in [0.2, 0.25) is 0 Å². The fourth-order valence-electron chi connectivity index (χ4n) is 2.76. The molecule has 5 nitrogen and oxygen atoms in total. The molecule has 0 radical (unpaired) electrons. The number of fused-ring (bicyclic) bond motifs is 1. The summed E-state index contributed by atoms with van der Waals surface area (Å²) in [6.45, 7) is 2.59. The summed E-state index contributed by atoms with van der Waals surface area (Å²) in [6, 6.07) is 13.2. The van der Waals surface area contributed by atoms with Crippen molar-refractivity contribution in [3.63, 3.8) is 0 Å². The summed E-state index contributed by atoms with van der Waals surface area (Å²) < 4.78 is 29.9. The Balaban J connectivity index is 1.79. The van der Waals surface area contributed by atoms with Crippen LogP contribution in [0.3, 0.4) is 0 Å². The lowest BCUT2D eigenvalue weighted by Gasteiger charge is -2.13. The van der Waals surface area contributed by atoms with Crippen molar-refractivity contribution >= 4 is 15.7 Å². The van der Waals surface area contributed by atoms with Crippen LogP contribution in [-0.2, 0) is 9.84 Å². The molecule has 0 saturated carbocycles. The predicted molar refractivity (Wildman–Crippen MR) is 90.9 cm³/mol. The molecule has 1 aliphatic rings. The van der Waals surface area contributed by atoms with Crippen molar-refractivity contribution in [2.24, 2.45) is 0 Å². The first kappa shape index (κ1) is 16.5. The van der Waals surface area contributed by atoms with Gasteiger partial charge in [-0.25, -0.2) is 8.42 Å². The number of amides is 1. The van der Waals surface area contributed by atoms with E-state index in [0.717, 1.165) is 6.42 Å². The van der Waals surface area contributed by atoms with Crippen LogP contribution in [0.5, 0.6) is 5.75 Å². The molecule has 0 spiro atoms. The summed E-state index contributed by atoms with van der Waals surface area (Å²) in [6.07, 6.45) is 0.882. The van der Waals surface area contributed by atoms with Crippen molar-refractivity contribution in [3.8, 4) is 5.75 Å². The summed E-state index contributed by atoms with van der Waals surface area (Å²) in [5, 5.41) is 2.82. The van der Waals surface area contributed by atoms with Gasteiger partial charge in [0.1, 0.15) is 5.75 Å². The second kappa shape index (κ2) is 6.65. The van der Waals surface area contributed by atoms with Gasteiger partial charge in [0, 0.05) is 5.56 Å².